The van der Waals surface area contributed by atoms with Gasteiger partial charge < -0.3 is 5.32 Å². The van der Waals surface area contributed by atoms with Gasteiger partial charge in [-0.1, -0.05) is 0 Å². The Bertz CT molecular complexity index is 423. The third-order valence-electron chi connectivity index (χ3n) is 1.75. The summed E-state index contributed by atoms with van der Waals surface area (Å²) in [4.78, 5) is 8.31. The van der Waals surface area contributed by atoms with Crippen molar-refractivity contribution in [3.05, 3.63) is 28.8 Å². The molecule has 68 valence electrons. The van der Waals surface area contributed by atoms with E-state index in [2.05, 4.69) is 31.2 Å². The van der Waals surface area contributed by atoms with E-state index in [-0.39, 0.29) is 0 Å². The first-order valence-corrected chi connectivity index (χ1v) is 4.72. The van der Waals surface area contributed by atoms with Gasteiger partial charge in [0.25, 0.3) is 0 Å². The molecule has 0 radical (unpaired) electrons. The fraction of sp³-hybridized carbons (Fsp3) is 0.250. The predicted molar refractivity (Wildman–Crippen MR) is 53.5 cm³/mol. The van der Waals surface area contributed by atoms with Crippen LogP contribution in [0.2, 0.25) is 0 Å². The summed E-state index contributed by atoms with van der Waals surface area (Å²) in [7, 11) is 1.91. The van der Waals surface area contributed by atoms with Gasteiger partial charge in [-0.25, -0.2) is 9.97 Å². The summed E-state index contributed by atoms with van der Waals surface area (Å²) in [6.45, 7) is 0.813. The van der Waals surface area contributed by atoms with Gasteiger partial charge in [-0.15, -0.1) is 0 Å². The van der Waals surface area contributed by atoms with E-state index in [1.165, 1.54) is 0 Å². The number of rotatable bonds is 2. The van der Waals surface area contributed by atoms with Crippen LogP contribution >= 0.6 is 15.9 Å². The first-order valence-electron chi connectivity index (χ1n) is 3.93. The largest absolute Gasteiger partial charge is 0.316 e. The lowest BCUT2D eigenvalue weighted by atomic mass is 10.3. The maximum atomic E-state index is 4.20. The lowest BCUT2D eigenvalue weighted by Gasteiger charge is -2.00. The number of imidazole rings is 1. The number of aromatic nitrogens is 3. The summed E-state index contributed by atoms with van der Waals surface area (Å²) in [6, 6.07) is 0. The fourth-order valence-electron chi connectivity index (χ4n) is 1.18. The zero-order chi connectivity index (χ0) is 9.26. The number of halogens is 1. The highest BCUT2D eigenvalue weighted by Crippen LogP contribution is 2.11. The van der Waals surface area contributed by atoms with Crippen molar-refractivity contribution in [2.45, 2.75) is 6.54 Å². The third kappa shape index (κ3) is 1.57. The van der Waals surface area contributed by atoms with E-state index in [9.17, 15) is 0 Å². The van der Waals surface area contributed by atoms with Crippen LogP contribution in [0.4, 0.5) is 0 Å². The van der Waals surface area contributed by atoms with Gasteiger partial charge >= 0.3 is 0 Å². The molecule has 0 fully saturated rings. The van der Waals surface area contributed by atoms with Gasteiger partial charge in [-0.05, 0) is 23.0 Å². The zero-order valence-corrected chi connectivity index (χ0v) is 8.74. The average molecular weight is 241 g/mol. The molecule has 0 unspecified atom stereocenters. The molecule has 0 amide bonds. The summed E-state index contributed by atoms with van der Waals surface area (Å²) < 4.78 is 2.83. The second kappa shape index (κ2) is 3.43. The van der Waals surface area contributed by atoms with Gasteiger partial charge in [0.2, 0.25) is 5.78 Å². The molecule has 0 aliphatic carbocycles. The van der Waals surface area contributed by atoms with Crippen molar-refractivity contribution in [2.24, 2.45) is 0 Å². The number of hydrogen-bond donors (Lipinski definition) is 1. The molecule has 0 aromatic carbocycles. The van der Waals surface area contributed by atoms with Gasteiger partial charge in [-0.2, -0.15) is 0 Å². The molecule has 0 spiro atoms. The molecule has 0 bridgehead atoms. The minimum absolute atomic E-state index is 0.715. The number of nitrogens with one attached hydrogen (secondary N) is 1. The fourth-order valence-corrected chi connectivity index (χ4v) is 1.54. The molecule has 2 heterocycles. The van der Waals surface area contributed by atoms with Crippen molar-refractivity contribution in [3.63, 3.8) is 0 Å². The van der Waals surface area contributed by atoms with E-state index in [1.807, 2.05) is 23.8 Å². The standard InChI is InChI=1S/C8H9BrN4/c1-10-2-6-3-11-8-12-4-7(9)13(8)5-6/h3-5,10H,2H2,1H3. The molecular formula is C8H9BrN4. The van der Waals surface area contributed by atoms with Gasteiger partial charge in [0.1, 0.15) is 4.60 Å². The van der Waals surface area contributed by atoms with Crippen molar-refractivity contribution in [2.75, 3.05) is 7.05 Å². The van der Waals surface area contributed by atoms with Crippen LogP contribution in [0.3, 0.4) is 0 Å². The molecule has 5 heteroatoms. The van der Waals surface area contributed by atoms with Crippen LogP contribution < -0.4 is 5.32 Å². The highest BCUT2D eigenvalue weighted by Gasteiger charge is 2.01. The van der Waals surface area contributed by atoms with E-state index < -0.39 is 0 Å². The Morgan fingerprint density at radius 3 is 3.00 bits per heavy atom. The Morgan fingerprint density at radius 2 is 2.23 bits per heavy atom. The Hall–Kier alpha value is -0.940. The summed E-state index contributed by atoms with van der Waals surface area (Å²) >= 11 is 3.39. The quantitative estimate of drug-likeness (QED) is 0.859. The molecule has 0 atom stereocenters. The molecule has 2 rings (SSSR count). The maximum absolute atomic E-state index is 4.20. The number of nitrogens with zero attached hydrogens (tertiary/aromatic N) is 3. The second-order valence-corrected chi connectivity index (χ2v) is 3.56. The smallest absolute Gasteiger partial charge is 0.234 e. The first kappa shape index (κ1) is 8.65. The Kier molecular flexibility index (Phi) is 2.28. The summed E-state index contributed by atoms with van der Waals surface area (Å²) in [5, 5.41) is 3.07. The van der Waals surface area contributed by atoms with Gasteiger partial charge in [0.05, 0.1) is 6.20 Å². The molecule has 0 aliphatic heterocycles. The van der Waals surface area contributed by atoms with Gasteiger partial charge in [0, 0.05) is 24.5 Å². The molecule has 1 N–H and O–H groups in total. The van der Waals surface area contributed by atoms with Crippen molar-refractivity contribution < 1.29 is 0 Å². The average Bonchev–Trinajstić information content (AvgIpc) is 2.49. The van der Waals surface area contributed by atoms with Crippen LogP contribution in [0.15, 0.2) is 23.2 Å². The van der Waals surface area contributed by atoms with Gasteiger partial charge in [0.15, 0.2) is 0 Å². The minimum atomic E-state index is 0.715. The van der Waals surface area contributed by atoms with Crippen LogP contribution in [0.5, 0.6) is 0 Å². The lowest BCUT2D eigenvalue weighted by molar-refractivity contribution is 0.803. The van der Waals surface area contributed by atoms with Crippen molar-refractivity contribution >= 4 is 21.7 Å². The third-order valence-corrected chi connectivity index (χ3v) is 2.34. The minimum Gasteiger partial charge on any atom is -0.316 e. The summed E-state index contributed by atoms with van der Waals surface area (Å²) in [6.07, 6.45) is 5.58. The number of fused-ring (bicyclic) bond motifs is 1. The predicted octanol–water partition coefficient (Wildman–Crippen LogP) is 1.21. The van der Waals surface area contributed by atoms with E-state index in [4.69, 9.17) is 0 Å². The topological polar surface area (TPSA) is 42.2 Å². The second-order valence-electron chi connectivity index (χ2n) is 2.74. The molecule has 0 saturated heterocycles. The summed E-state index contributed by atoms with van der Waals surface area (Å²) in [5.74, 6) is 0.715. The zero-order valence-electron chi connectivity index (χ0n) is 7.16. The molecule has 0 saturated carbocycles. The van der Waals surface area contributed by atoms with E-state index in [0.717, 1.165) is 16.7 Å². The molecule has 13 heavy (non-hydrogen) atoms. The monoisotopic (exact) mass is 240 g/mol. The summed E-state index contributed by atoms with van der Waals surface area (Å²) in [5.41, 5.74) is 1.13. The highest BCUT2D eigenvalue weighted by atomic mass is 79.9. The van der Waals surface area contributed by atoms with Crippen LogP contribution in [-0.4, -0.2) is 21.4 Å². The van der Waals surface area contributed by atoms with Gasteiger partial charge in [-0.3, -0.25) is 4.40 Å². The SMILES string of the molecule is CNCc1cnc2ncc(Br)n2c1. The normalized spacial score (nSPS) is 10.9. The van der Waals surface area contributed by atoms with Crippen LogP contribution in [0.1, 0.15) is 5.56 Å². The lowest BCUT2D eigenvalue weighted by Crippen LogP contribution is -2.06. The molecule has 2 aromatic heterocycles. The molecular weight excluding hydrogens is 232 g/mol. The van der Waals surface area contributed by atoms with E-state index in [0.29, 0.717) is 5.78 Å². The Balaban J connectivity index is 2.53. The van der Waals surface area contributed by atoms with E-state index in [1.54, 1.807) is 6.20 Å². The van der Waals surface area contributed by atoms with Crippen LogP contribution in [-0.2, 0) is 6.54 Å². The van der Waals surface area contributed by atoms with Crippen molar-refractivity contribution in [3.8, 4) is 0 Å². The molecule has 2 aromatic rings. The Morgan fingerprint density at radius 1 is 1.46 bits per heavy atom. The van der Waals surface area contributed by atoms with Crippen LogP contribution in [0, 0.1) is 0 Å². The van der Waals surface area contributed by atoms with E-state index >= 15 is 0 Å². The molecule has 0 aliphatic rings. The Labute approximate surface area is 84.1 Å². The number of hydrogen-bond acceptors (Lipinski definition) is 3. The maximum Gasteiger partial charge on any atom is 0.234 e. The van der Waals surface area contributed by atoms with Crippen molar-refractivity contribution in [1.29, 1.82) is 0 Å². The first-order chi connectivity index (χ1) is 6.31. The van der Waals surface area contributed by atoms with Crippen molar-refractivity contribution in [1.82, 2.24) is 19.7 Å². The highest BCUT2D eigenvalue weighted by molar-refractivity contribution is 9.10. The van der Waals surface area contributed by atoms with Crippen LogP contribution in [0.25, 0.3) is 5.78 Å². The molecule has 4 nitrogen and oxygen atoms in total.